The van der Waals surface area contributed by atoms with Gasteiger partial charge in [0.1, 0.15) is 0 Å². The van der Waals surface area contributed by atoms with Crippen LogP contribution in [0.3, 0.4) is 0 Å². The SMILES string of the molecule is CCOC(=O)CCCCCN(C)C(=N)N. The van der Waals surface area contributed by atoms with Crippen LogP contribution in [0.1, 0.15) is 32.6 Å². The molecule has 5 heteroatoms. The lowest BCUT2D eigenvalue weighted by Crippen LogP contribution is -2.33. The van der Waals surface area contributed by atoms with E-state index in [0.29, 0.717) is 13.0 Å². The van der Waals surface area contributed by atoms with Crippen molar-refractivity contribution in [3.05, 3.63) is 0 Å². The predicted octanol–water partition coefficient (Wildman–Crippen LogP) is 0.935. The summed E-state index contributed by atoms with van der Waals surface area (Å²) < 4.78 is 4.80. The molecule has 0 unspecified atom stereocenters. The summed E-state index contributed by atoms with van der Waals surface area (Å²) in [5.41, 5.74) is 5.27. The van der Waals surface area contributed by atoms with Crippen LogP contribution in [0.5, 0.6) is 0 Å². The molecule has 0 bridgehead atoms. The van der Waals surface area contributed by atoms with Crippen LogP contribution >= 0.6 is 0 Å². The van der Waals surface area contributed by atoms with Gasteiger partial charge in [0.25, 0.3) is 0 Å². The van der Waals surface area contributed by atoms with Gasteiger partial charge in [-0.2, -0.15) is 0 Å². The fourth-order valence-electron chi connectivity index (χ4n) is 1.15. The monoisotopic (exact) mass is 215 g/mol. The summed E-state index contributed by atoms with van der Waals surface area (Å²) in [5, 5.41) is 7.13. The number of guanidine groups is 1. The Kier molecular flexibility index (Phi) is 7.40. The minimum absolute atomic E-state index is 0.0837. The second-order valence-corrected chi connectivity index (χ2v) is 3.42. The highest BCUT2D eigenvalue weighted by atomic mass is 16.5. The number of hydrogen-bond donors (Lipinski definition) is 2. The lowest BCUT2D eigenvalue weighted by atomic mass is 10.2. The minimum atomic E-state index is -0.127. The zero-order valence-electron chi connectivity index (χ0n) is 9.58. The molecule has 0 radical (unpaired) electrons. The molecule has 0 aliphatic heterocycles. The topological polar surface area (TPSA) is 79.4 Å². The maximum absolute atomic E-state index is 11.0. The molecule has 0 saturated heterocycles. The summed E-state index contributed by atoms with van der Waals surface area (Å²) in [5.74, 6) is -0.0437. The molecular formula is C10H21N3O2. The second-order valence-electron chi connectivity index (χ2n) is 3.42. The van der Waals surface area contributed by atoms with E-state index >= 15 is 0 Å². The molecule has 0 rings (SSSR count). The number of ether oxygens (including phenoxy) is 1. The van der Waals surface area contributed by atoms with E-state index in [0.717, 1.165) is 25.8 Å². The lowest BCUT2D eigenvalue weighted by molar-refractivity contribution is -0.143. The van der Waals surface area contributed by atoms with Gasteiger partial charge in [-0.05, 0) is 19.8 Å². The first-order valence-electron chi connectivity index (χ1n) is 5.28. The Labute approximate surface area is 91.1 Å². The van der Waals surface area contributed by atoms with Gasteiger partial charge in [-0.15, -0.1) is 0 Å². The van der Waals surface area contributed by atoms with Gasteiger partial charge < -0.3 is 15.4 Å². The van der Waals surface area contributed by atoms with Gasteiger partial charge in [0, 0.05) is 20.0 Å². The number of nitrogens with one attached hydrogen (secondary N) is 1. The predicted molar refractivity (Wildman–Crippen MR) is 59.6 cm³/mol. The zero-order valence-corrected chi connectivity index (χ0v) is 9.58. The smallest absolute Gasteiger partial charge is 0.305 e. The first-order valence-corrected chi connectivity index (χ1v) is 5.28. The van der Waals surface area contributed by atoms with Crippen LogP contribution in [0.15, 0.2) is 0 Å². The van der Waals surface area contributed by atoms with E-state index in [1.165, 1.54) is 0 Å². The number of rotatable bonds is 7. The molecule has 0 aromatic heterocycles. The Hall–Kier alpha value is -1.26. The van der Waals surface area contributed by atoms with E-state index in [4.69, 9.17) is 15.9 Å². The van der Waals surface area contributed by atoms with Crippen molar-refractivity contribution >= 4 is 11.9 Å². The van der Waals surface area contributed by atoms with Gasteiger partial charge in [-0.25, -0.2) is 0 Å². The molecule has 0 heterocycles. The molecule has 0 aliphatic carbocycles. The zero-order chi connectivity index (χ0) is 11.7. The normalized spacial score (nSPS) is 9.73. The number of carbonyl (C=O) groups excluding carboxylic acids is 1. The average molecular weight is 215 g/mol. The standard InChI is InChI=1S/C10H21N3O2/c1-3-15-9(14)7-5-4-6-8-13(2)10(11)12/h3-8H2,1-2H3,(H3,11,12). The Balaban J connectivity index is 3.32. The van der Waals surface area contributed by atoms with Gasteiger partial charge in [0.2, 0.25) is 0 Å². The molecule has 0 spiro atoms. The van der Waals surface area contributed by atoms with Crippen LogP contribution in [-0.4, -0.2) is 37.0 Å². The van der Waals surface area contributed by atoms with E-state index in [2.05, 4.69) is 0 Å². The molecular weight excluding hydrogens is 194 g/mol. The van der Waals surface area contributed by atoms with Gasteiger partial charge >= 0.3 is 5.97 Å². The number of carbonyl (C=O) groups is 1. The maximum atomic E-state index is 11.0. The maximum Gasteiger partial charge on any atom is 0.305 e. The van der Waals surface area contributed by atoms with E-state index < -0.39 is 0 Å². The van der Waals surface area contributed by atoms with E-state index in [1.807, 2.05) is 0 Å². The van der Waals surface area contributed by atoms with Crippen LogP contribution in [0.2, 0.25) is 0 Å². The number of esters is 1. The number of hydrogen-bond acceptors (Lipinski definition) is 3. The van der Waals surface area contributed by atoms with Gasteiger partial charge in [-0.1, -0.05) is 6.42 Å². The Bertz CT molecular complexity index is 207. The third-order valence-corrected chi connectivity index (χ3v) is 2.09. The Morgan fingerprint density at radius 2 is 2.07 bits per heavy atom. The van der Waals surface area contributed by atoms with Gasteiger partial charge in [0.15, 0.2) is 5.96 Å². The summed E-state index contributed by atoms with van der Waals surface area (Å²) in [6.07, 6.45) is 3.22. The van der Waals surface area contributed by atoms with E-state index in [-0.39, 0.29) is 11.9 Å². The largest absolute Gasteiger partial charge is 0.466 e. The first kappa shape index (κ1) is 13.7. The van der Waals surface area contributed by atoms with Crippen molar-refractivity contribution in [2.45, 2.75) is 32.6 Å². The second kappa shape index (κ2) is 8.08. The average Bonchev–Trinajstić information content (AvgIpc) is 2.17. The van der Waals surface area contributed by atoms with Crippen LogP contribution in [0.25, 0.3) is 0 Å². The van der Waals surface area contributed by atoms with Crippen molar-refractivity contribution < 1.29 is 9.53 Å². The quantitative estimate of drug-likeness (QED) is 0.286. The molecule has 0 fully saturated rings. The van der Waals surface area contributed by atoms with Crippen LogP contribution in [0, 0.1) is 5.41 Å². The highest BCUT2D eigenvalue weighted by Crippen LogP contribution is 2.02. The molecule has 88 valence electrons. The Morgan fingerprint density at radius 3 is 2.60 bits per heavy atom. The van der Waals surface area contributed by atoms with Crippen LogP contribution in [0.4, 0.5) is 0 Å². The van der Waals surface area contributed by atoms with Crippen molar-refractivity contribution in [1.82, 2.24) is 4.90 Å². The summed E-state index contributed by atoms with van der Waals surface area (Å²) in [7, 11) is 1.79. The van der Waals surface area contributed by atoms with Crippen molar-refractivity contribution in [1.29, 1.82) is 5.41 Å². The van der Waals surface area contributed by atoms with Gasteiger partial charge in [-0.3, -0.25) is 10.2 Å². The third kappa shape index (κ3) is 7.78. The number of nitrogens with zero attached hydrogens (tertiary/aromatic N) is 1. The van der Waals surface area contributed by atoms with E-state index in [9.17, 15) is 4.79 Å². The van der Waals surface area contributed by atoms with Crippen LogP contribution in [-0.2, 0) is 9.53 Å². The summed E-state index contributed by atoms with van der Waals surface area (Å²) >= 11 is 0. The van der Waals surface area contributed by atoms with Crippen molar-refractivity contribution in [2.75, 3.05) is 20.2 Å². The van der Waals surface area contributed by atoms with Crippen molar-refractivity contribution in [3.63, 3.8) is 0 Å². The molecule has 0 aromatic carbocycles. The molecule has 0 amide bonds. The summed E-state index contributed by atoms with van der Waals surface area (Å²) in [6.45, 7) is 3.02. The fraction of sp³-hybridized carbons (Fsp3) is 0.800. The third-order valence-electron chi connectivity index (χ3n) is 2.09. The number of unbranched alkanes of at least 4 members (excludes halogenated alkanes) is 2. The summed E-state index contributed by atoms with van der Waals surface area (Å²) in [6, 6.07) is 0. The summed E-state index contributed by atoms with van der Waals surface area (Å²) in [4.78, 5) is 12.6. The highest BCUT2D eigenvalue weighted by Gasteiger charge is 2.02. The Morgan fingerprint density at radius 1 is 1.40 bits per heavy atom. The molecule has 0 aromatic rings. The van der Waals surface area contributed by atoms with E-state index in [1.54, 1.807) is 18.9 Å². The molecule has 15 heavy (non-hydrogen) atoms. The highest BCUT2D eigenvalue weighted by molar-refractivity contribution is 5.74. The lowest BCUT2D eigenvalue weighted by Gasteiger charge is -2.15. The van der Waals surface area contributed by atoms with Gasteiger partial charge in [0.05, 0.1) is 6.61 Å². The first-order chi connectivity index (χ1) is 7.07. The molecule has 3 N–H and O–H groups in total. The van der Waals surface area contributed by atoms with Crippen LogP contribution < -0.4 is 5.73 Å². The minimum Gasteiger partial charge on any atom is -0.466 e. The van der Waals surface area contributed by atoms with Crippen molar-refractivity contribution in [2.24, 2.45) is 5.73 Å². The van der Waals surface area contributed by atoms with Crippen molar-refractivity contribution in [3.8, 4) is 0 Å². The molecule has 0 saturated carbocycles. The molecule has 0 aliphatic rings. The molecule has 5 nitrogen and oxygen atoms in total. The molecule has 0 atom stereocenters. The number of nitrogens with two attached hydrogens (primary N) is 1. The fourth-order valence-corrected chi connectivity index (χ4v) is 1.15.